The van der Waals surface area contributed by atoms with Gasteiger partial charge in [-0.05, 0) is 33.5 Å². The van der Waals surface area contributed by atoms with E-state index in [1.165, 1.54) is 12.8 Å². The van der Waals surface area contributed by atoms with E-state index < -0.39 is 0 Å². The molecule has 0 aromatic carbocycles. The van der Waals surface area contributed by atoms with Crippen LogP contribution in [-0.2, 0) is 0 Å². The van der Waals surface area contributed by atoms with Gasteiger partial charge in [-0.15, -0.1) is 0 Å². The minimum Gasteiger partial charge on any atom is -0.339 e. The van der Waals surface area contributed by atoms with Crippen molar-refractivity contribution in [1.82, 2.24) is 25.3 Å². The first-order valence-electron chi connectivity index (χ1n) is 8.14. The van der Waals surface area contributed by atoms with E-state index >= 15 is 0 Å². The van der Waals surface area contributed by atoms with Crippen molar-refractivity contribution in [3.8, 4) is 0 Å². The van der Waals surface area contributed by atoms with Crippen molar-refractivity contribution in [2.24, 2.45) is 0 Å². The summed E-state index contributed by atoms with van der Waals surface area (Å²) in [6.07, 6.45) is 3.61. The van der Waals surface area contributed by atoms with Crippen LogP contribution in [0.4, 0.5) is 0 Å². The van der Waals surface area contributed by atoms with Crippen LogP contribution >= 0.6 is 0 Å². The van der Waals surface area contributed by atoms with E-state index in [4.69, 9.17) is 9.51 Å². The third-order valence-corrected chi connectivity index (χ3v) is 4.91. The summed E-state index contributed by atoms with van der Waals surface area (Å²) in [5.41, 5.74) is 0. The van der Waals surface area contributed by atoms with Crippen LogP contribution in [0.2, 0.25) is 0 Å². The minimum atomic E-state index is 0.250. The van der Waals surface area contributed by atoms with Gasteiger partial charge in [-0.2, -0.15) is 4.98 Å². The molecule has 2 fully saturated rings. The Kier molecular flexibility index (Phi) is 4.57. The van der Waals surface area contributed by atoms with Gasteiger partial charge in [0.2, 0.25) is 5.89 Å². The Labute approximate surface area is 126 Å². The highest BCUT2D eigenvalue weighted by molar-refractivity contribution is 5.05. The summed E-state index contributed by atoms with van der Waals surface area (Å²) in [4.78, 5) is 9.40. The molecule has 6 nitrogen and oxygen atoms in total. The topological polar surface area (TPSA) is 57.4 Å². The van der Waals surface area contributed by atoms with Gasteiger partial charge in [-0.25, -0.2) is 0 Å². The van der Waals surface area contributed by atoms with Gasteiger partial charge in [0.25, 0.3) is 0 Å². The van der Waals surface area contributed by atoms with Gasteiger partial charge in [-0.3, -0.25) is 4.90 Å². The molecule has 2 heterocycles. The van der Waals surface area contributed by atoms with Crippen molar-refractivity contribution in [1.29, 1.82) is 0 Å². The van der Waals surface area contributed by atoms with E-state index in [0.29, 0.717) is 12.0 Å². The summed E-state index contributed by atoms with van der Waals surface area (Å²) in [5, 5.41) is 7.83. The Morgan fingerprint density at radius 1 is 1.29 bits per heavy atom. The highest BCUT2D eigenvalue weighted by atomic mass is 16.5. The lowest BCUT2D eigenvalue weighted by atomic mass is 10.0. The molecule has 1 aromatic rings. The predicted molar refractivity (Wildman–Crippen MR) is 81.2 cm³/mol. The second kappa shape index (κ2) is 6.42. The molecule has 6 heteroatoms. The van der Waals surface area contributed by atoms with Crippen LogP contribution < -0.4 is 5.32 Å². The van der Waals surface area contributed by atoms with E-state index in [2.05, 4.69) is 41.3 Å². The van der Waals surface area contributed by atoms with Crippen LogP contribution in [0.15, 0.2) is 4.52 Å². The summed E-state index contributed by atoms with van der Waals surface area (Å²) in [5.74, 6) is 2.06. The molecule has 1 aliphatic heterocycles. The fraction of sp³-hybridized carbons (Fsp3) is 0.867. The first-order valence-corrected chi connectivity index (χ1v) is 8.14. The molecule has 0 amide bonds. The van der Waals surface area contributed by atoms with Crippen molar-refractivity contribution in [2.75, 3.05) is 40.3 Å². The first-order chi connectivity index (χ1) is 10.2. The molecule has 0 spiro atoms. The van der Waals surface area contributed by atoms with Crippen LogP contribution in [0.5, 0.6) is 0 Å². The fourth-order valence-electron chi connectivity index (χ4n) is 3.58. The maximum atomic E-state index is 5.62. The lowest BCUT2D eigenvalue weighted by Crippen LogP contribution is -2.45. The number of hydrogen-bond donors (Lipinski definition) is 1. The Morgan fingerprint density at radius 2 is 2.14 bits per heavy atom. The molecule has 3 atom stereocenters. The van der Waals surface area contributed by atoms with Crippen molar-refractivity contribution in [3.05, 3.63) is 11.7 Å². The lowest BCUT2D eigenvalue weighted by molar-refractivity contribution is 0.108. The molecule has 21 heavy (non-hydrogen) atoms. The average molecular weight is 293 g/mol. The van der Waals surface area contributed by atoms with E-state index in [1.807, 2.05) is 0 Å². The van der Waals surface area contributed by atoms with Gasteiger partial charge in [0.05, 0.1) is 12.0 Å². The second-order valence-corrected chi connectivity index (χ2v) is 6.45. The molecule has 0 bridgehead atoms. The van der Waals surface area contributed by atoms with E-state index in [9.17, 15) is 0 Å². The summed E-state index contributed by atoms with van der Waals surface area (Å²) < 4.78 is 5.62. The number of piperazine rings is 1. The minimum absolute atomic E-state index is 0.250. The Morgan fingerprint density at radius 3 is 2.95 bits per heavy atom. The Balaban J connectivity index is 1.73. The number of nitrogens with zero attached hydrogens (tertiary/aromatic N) is 4. The smallest absolute Gasteiger partial charge is 0.231 e. The highest BCUT2D eigenvalue weighted by Gasteiger charge is 2.34. The normalized spacial score (nSPS) is 31.9. The Hall–Kier alpha value is -0.980. The van der Waals surface area contributed by atoms with Crippen LogP contribution in [-0.4, -0.2) is 66.3 Å². The van der Waals surface area contributed by atoms with Crippen LogP contribution in [0, 0.1) is 0 Å². The quantitative estimate of drug-likeness (QED) is 0.901. The van der Waals surface area contributed by atoms with Gasteiger partial charge in [0.15, 0.2) is 5.82 Å². The second-order valence-electron chi connectivity index (χ2n) is 6.45. The monoisotopic (exact) mass is 293 g/mol. The van der Waals surface area contributed by atoms with Crippen molar-refractivity contribution >= 4 is 0 Å². The van der Waals surface area contributed by atoms with Gasteiger partial charge >= 0.3 is 0 Å². The van der Waals surface area contributed by atoms with Gasteiger partial charge in [-0.1, -0.05) is 18.5 Å². The molecule has 1 N–H and O–H groups in total. The molecule has 3 unspecified atom stereocenters. The third kappa shape index (κ3) is 3.12. The van der Waals surface area contributed by atoms with Crippen molar-refractivity contribution in [2.45, 2.75) is 44.2 Å². The summed E-state index contributed by atoms with van der Waals surface area (Å²) >= 11 is 0. The van der Waals surface area contributed by atoms with Gasteiger partial charge in [0, 0.05) is 25.7 Å². The van der Waals surface area contributed by atoms with Crippen molar-refractivity contribution in [3.63, 3.8) is 0 Å². The third-order valence-electron chi connectivity index (χ3n) is 4.91. The molecular formula is C15H27N5O. The SMILES string of the molecule is CCNC1CCCC1c1nc(C2CN(C)CCN2C)no1. The van der Waals surface area contributed by atoms with Crippen molar-refractivity contribution < 1.29 is 4.52 Å². The lowest BCUT2D eigenvalue weighted by Gasteiger charge is -2.35. The standard InChI is InChI=1S/C15H27N5O/c1-4-16-12-7-5-6-11(12)15-17-14(18-21-15)13-10-19(2)8-9-20(13)3/h11-13,16H,4-10H2,1-3H3. The zero-order valence-corrected chi connectivity index (χ0v) is 13.4. The zero-order chi connectivity index (χ0) is 14.8. The molecule has 1 aromatic heterocycles. The molecule has 3 rings (SSSR count). The number of aromatic nitrogens is 2. The summed E-state index contributed by atoms with van der Waals surface area (Å²) in [6, 6.07) is 0.746. The van der Waals surface area contributed by atoms with E-state index in [1.54, 1.807) is 0 Å². The molecule has 1 saturated carbocycles. The number of likely N-dealkylation sites (N-methyl/N-ethyl adjacent to an activating group) is 3. The summed E-state index contributed by atoms with van der Waals surface area (Å²) in [7, 11) is 4.30. The van der Waals surface area contributed by atoms with Crippen LogP contribution in [0.3, 0.4) is 0 Å². The molecule has 0 radical (unpaired) electrons. The van der Waals surface area contributed by atoms with Gasteiger partial charge < -0.3 is 14.7 Å². The maximum Gasteiger partial charge on any atom is 0.231 e. The van der Waals surface area contributed by atoms with Crippen LogP contribution in [0.1, 0.15) is 49.9 Å². The molecule has 1 saturated heterocycles. The number of nitrogens with one attached hydrogen (secondary N) is 1. The molecule has 118 valence electrons. The number of hydrogen-bond acceptors (Lipinski definition) is 6. The van der Waals surface area contributed by atoms with E-state index in [0.717, 1.165) is 44.3 Å². The largest absolute Gasteiger partial charge is 0.339 e. The summed E-state index contributed by atoms with van der Waals surface area (Å²) in [6.45, 7) is 6.27. The molecular weight excluding hydrogens is 266 g/mol. The molecule has 2 aliphatic rings. The van der Waals surface area contributed by atoms with E-state index in [-0.39, 0.29) is 6.04 Å². The first kappa shape index (κ1) is 14.9. The fourth-order valence-corrected chi connectivity index (χ4v) is 3.58. The maximum absolute atomic E-state index is 5.62. The van der Waals surface area contributed by atoms with Gasteiger partial charge in [0.1, 0.15) is 0 Å². The molecule has 1 aliphatic carbocycles. The highest BCUT2D eigenvalue weighted by Crippen LogP contribution is 2.34. The zero-order valence-electron chi connectivity index (χ0n) is 13.4. The van der Waals surface area contributed by atoms with Crippen LogP contribution in [0.25, 0.3) is 0 Å². The number of rotatable bonds is 4. The average Bonchev–Trinajstić information content (AvgIpc) is 3.10. The Bertz CT molecular complexity index is 463. The predicted octanol–water partition coefficient (Wildman–Crippen LogP) is 1.23.